The molecule has 2 aromatic rings. The average molecular weight is 294 g/mol. The quantitative estimate of drug-likeness (QED) is 0.839. The predicted octanol–water partition coefficient (Wildman–Crippen LogP) is 3.98. The minimum absolute atomic E-state index is 0.187. The molecular formula is C19H22N2O. The molecule has 22 heavy (non-hydrogen) atoms. The first-order chi connectivity index (χ1) is 10.7. The van der Waals surface area contributed by atoms with E-state index in [2.05, 4.69) is 13.0 Å². The van der Waals surface area contributed by atoms with Crippen LogP contribution in [0.1, 0.15) is 54.6 Å². The van der Waals surface area contributed by atoms with Gasteiger partial charge < -0.3 is 4.90 Å². The molecular weight excluding hydrogens is 272 g/mol. The topological polar surface area (TPSA) is 33.2 Å². The summed E-state index contributed by atoms with van der Waals surface area (Å²) < 4.78 is 0. The van der Waals surface area contributed by atoms with Crippen molar-refractivity contribution in [1.82, 2.24) is 9.88 Å². The lowest BCUT2D eigenvalue weighted by Crippen LogP contribution is -2.39. The van der Waals surface area contributed by atoms with E-state index < -0.39 is 0 Å². The van der Waals surface area contributed by atoms with E-state index >= 15 is 0 Å². The smallest absolute Gasteiger partial charge is 0.254 e. The molecule has 1 aromatic heterocycles. The highest BCUT2D eigenvalue weighted by Crippen LogP contribution is 2.40. The second kappa shape index (κ2) is 5.38. The summed E-state index contributed by atoms with van der Waals surface area (Å²) >= 11 is 0. The van der Waals surface area contributed by atoms with Gasteiger partial charge >= 0.3 is 0 Å². The van der Waals surface area contributed by atoms with Gasteiger partial charge in [0.25, 0.3) is 5.91 Å². The van der Waals surface area contributed by atoms with Crippen molar-refractivity contribution < 1.29 is 4.79 Å². The van der Waals surface area contributed by atoms with Gasteiger partial charge in [0, 0.05) is 30.1 Å². The minimum Gasteiger partial charge on any atom is -0.338 e. The second-order valence-electron chi connectivity index (χ2n) is 6.88. The highest BCUT2D eigenvalue weighted by molar-refractivity contribution is 6.06. The standard InChI is InChI=1S/C19H22N2O/c1-13-5-4-10-21(12-13)19(22)16-11-18(14-8-9-14)20-17-7-3-2-6-15(16)17/h2-3,6-7,11,13-14H,4-5,8-10,12H2,1H3. The first kappa shape index (κ1) is 13.7. The number of benzene rings is 1. The van der Waals surface area contributed by atoms with Gasteiger partial charge in [0.2, 0.25) is 0 Å². The normalized spacial score (nSPS) is 22.0. The van der Waals surface area contributed by atoms with E-state index in [1.807, 2.05) is 29.2 Å². The van der Waals surface area contributed by atoms with Crippen LogP contribution in [-0.4, -0.2) is 28.9 Å². The van der Waals surface area contributed by atoms with E-state index in [0.29, 0.717) is 11.8 Å². The Hall–Kier alpha value is -1.90. The molecule has 1 unspecified atom stereocenters. The number of fused-ring (bicyclic) bond motifs is 1. The first-order valence-corrected chi connectivity index (χ1v) is 8.41. The fourth-order valence-corrected chi connectivity index (χ4v) is 3.51. The maximum atomic E-state index is 13.1. The van der Waals surface area contributed by atoms with Gasteiger partial charge in [-0.25, -0.2) is 0 Å². The van der Waals surface area contributed by atoms with Crippen LogP contribution in [0.2, 0.25) is 0 Å². The van der Waals surface area contributed by atoms with Gasteiger partial charge in [0.15, 0.2) is 0 Å². The Morgan fingerprint density at radius 1 is 1.23 bits per heavy atom. The molecule has 2 fully saturated rings. The van der Waals surface area contributed by atoms with Crippen molar-refractivity contribution in [3.8, 4) is 0 Å². The third-order valence-electron chi connectivity index (χ3n) is 4.91. The molecule has 1 saturated carbocycles. The van der Waals surface area contributed by atoms with Crippen LogP contribution in [0.15, 0.2) is 30.3 Å². The van der Waals surface area contributed by atoms with Crippen LogP contribution in [0.5, 0.6) is 0 Å². The lowest BCUT2D eigenvalue weighted by Gasteiger charge is -2.31. The summed E-state index contributed by atoms with van der Waals surface area (Å²) in [4.78, 5) is 19.9. The number of hydrogen-bond acceptors (Lipinski definition) is 2. The van der Waals surface area contributed by atoms with Crippen LogP contribution in [0.3, 0.4) is 0 Å². The summed E-state index contributed by atoms with van der Waals surface area (Å²) in [5, 5.41) is 0.995. The predicted molar refractivity (Wildman–Crippen MR) is 88.0 cm³/mol. The SMILES string of the molecule is CC1CCCN(C(=O)c2cc(C3CC3)nc3ccccc23)C1. The lowest BCUT2D eigenvalue weighted by atomic mass is 9.98. The number of para-hydroxylation sites is 1. The molecule has 1 aliphatic carbocycles. The van der Waals surface area contributed by atoms with Gasteiger partial charge in [0.1, 0.15) is 0 Å². The monoisotopic (exact) mass is 294 g/mol. The molecule has 0 radical (unpaired) electrons. The molecule has 2 heterocycles. The molecule has 1 atom stereocenters. The number of rotatable bonds is 2. The second-order valence-corrected chi connectivity index (χ2v) is 6.88. The molecule has 1 saturated heterocycles. The number of amides is 1. The molecule has 114 valence electrons. The molecule has 0 N–H and O–H groups in total. The Kier molecular flexibility index (Phi) is 3.36. The van der Waals surface area contributed by atoms with Crippen LogP contribution in [0, 0.1) is 5.92 Å². The third-order valence-corrected chi connectivity index (χ3v) is 4.91. The fraction of sp³-hybridized carbons (Fsp3) is 0.474. The van der Waals surface area contributed by atoms with Crippen molar-refractivity contribution in [3.05, 3.63) is 41.6 Å². The van der Waals surface area contributed by atoms with Gasteiger partial charge in [-0.1, -0.05) is 25.1 Å². The summed E-state index contributed by atoms with van der Waals surface area (Å²) in [6, 6.07) is 10.1. The van der Waals surface area contributed by atoms with Crippen LogP contribution in [0.25, 0.3) is 10.9 Å². The molecule has 0 spiro atoms. The maximum Gasteiger partial charge on any atom is 0.254 e. The van der Waals surface area contributed by atoms with E-state index in [4.69, 9.17) is 4.98 Å². The number of hydrogen-bond donors (Lipinski definition) is 0. The molecule has 3 nitrogen and oxygen atoms in total. The van der Waals surface area contributed by atoms with E-state index in [1.54, 1.807) is 0 Å². The Labute approximate surface area is 131 Å². The average Bonchev–Trinajstić information content (AvgIpc) is 3.38. The third kappa shape index (κ3) is 2.49. The van der Waals surface area contributed by atoms with Crippen LogP contribution in [-0.2, 0) is 0 Å². The number of likely N-dealkylation sites (tertiary alicyclic amines) is 1. The zero-order valence-corrected chi connectivity index (χ0v) is 13.1. The zero-order valence-electron chi connectivity index (χ0n) is 13.1. The number of nitrogens with zero attached hydrogens (tertiary/aromatic N) is 2. The highest BCUT2D eigenvalue weighted by atomic mass is 16.2. The van der Waals surface area contributed by atoms with Crippen molar-refractivity contribution in [2.45, 2.75) is 38.5 Å². The molecule has 3 heteroatoms. The van der Waals surface area contributed by atoms with Crippen molar-refractivity contribution in [3.63, 3.8) is 0 Å². The summed E-state index contributed by atoms with van der Waals surface area (Å²) in [6.45, 7) is 4.01. The van der Waals surface area contributed by atoms with E-state index in [9.17, 15) is 4.79 Å². The first-order valence-electron chi connectivity index (χ1n) is 8.41. The Balaban J connectivity index is 1.77. The number of piperidine rings is 1. The number of carbonyl (C=O) groups excluding carboxylic acids is 1. The Bertz CT molecular complexity index is 720. The summed E-state index contributed by atoms with van der Waals surface area (Å²) in [7, 11) is 0. The number of pyridine rings is 1. The van der Waals surface area contributed by atoms with Gasteiger partial charge in [-0.2, -0.15) is 0 Å². The molecule has 1 amide bonds. The fourth-order valence-electron chi connectivity index (χ4n) is 3.51. The Morgan fingerprint density at radius 3 is 2.82 bits per heavy atom. The molecule has 0 bridgehead atoms. The van der Waals surface area contributed by atoms with Gasteiger partial charge in [0.05, 0.1) is 11.1 Å². The molecule has 1 aliphatic heterocycles. The van der Waals surface area contributed by atoms with E-state index in [0.717, 1.165) is 41.7 Å². The van der Waals surface area contributed by atoms with Crippen LogP contribution in [0.4, 0.5) is 0 Å². The zero-order chi connectivity index (χ0) is 15.1. The number of aromatic nitrogens is 1. The Morgan fingerprint density at radius 2 is 2.05 bits per heavy atom. The summed E-state index contributed by atoms with van der Waals surface area (Å²) in [5.74, 6) is 1.36. The molecule has 4 rings (SSSR count). The van der Waals surface area contributed by atoms with Crippen molar-refractivity contribution >= 4 is 16.8 Å². The van der Waals surface area contributed by atoms with Crippen LogP contribution >= 0.6 is 0 Å². The van der Waals surface area contributed by atoms with Gasteiger partial charge in [-0.15, -0.1) is 0 Å². The van der Waals surface area contributed by atoms with Crippen LogP contribution < -0.4 is 0 Å². The summed E-state index contributed by atoms with van der Waals surface area (Å²) in [6.07, 6.45) is 4.76. The van der Waals surface area contributed by atoms with E-state index in [1.165, 1.54) is 19.3 Å². The number of carbonyl (C=O) groups is 1. The lowest BCUT2D eigenvalue weighted by molar-refractivity contribution is 0.0685. The minimum atomic E-state index is 0.187. The van der Waals surface area contributed by atoms with Crippen molar-refractivity contribution in [1.29, 1.82) is 0 Å². The van der Waals surface area contributed by atoms with Crippen molar-refractivity contribution in [2.75, 3.05) is 13.1 Å². The summed E-state index contributed by atoms with van der Waals surface area (Å²) in [5.41, 5.74) is 2.91. The van der Waals surface area contributed by atoms with Gasteiger partial charge in [-0.3, -0.25) is 9.78 Å². The highest BCUT2D eigenvalue weighted by Gasteiger charge is 2.29. The van der Waals surface area contributed by atoms with Crippen molar-refractivity contribution in [2.24, 2.45) is 5.92 Å². The maximum absolute atomic E-state index is 13.1. The molecule has 2 aliphatic rings. The van der Waals surface area contributed by atoms with Gasteiger partial charge in [-0.05, 0) is 43.7 Å². The molecule has 1 aromatic carbocycles. The largest absolute Gasteiger partial charge is 0.338 e. The van der Waals surface area contributed by atoms with E-state index in [-0.39, 0.29) is 5.91 Å².